The Morgan fingerprint density at radius 2 is 1.50 bits per heavy atom. The van der Waals surface area contributed by atoms with Crippen LogP contribution in [0.5, 0.6) is 23.0 Å². The summed E-state index contributed by atoms with van der Waals surface area (Å²) in [6.07, 6.45) is -1.13. The molecule has 3 rings (SSSR count). The van der Waals surface area contributed by atoms with E-state index in [0.29, 0.717) is 0 Å². The van der Waals surface area contributed by atoms with Gasteiger partial charge in [-0.1, -0.05) is 0 Å². The first-order chi connectivity index (χ1) is 13.1. The fraction of sp³-hybridized carbons (Fsp3) is 0.150. The van der Waals surface area contributed by atoms with Crippen LogP contribution in [-0.2, 0) is 16.0 Å². The summed E-state index contributed by atoms with van der Waals surface area (Å²) >= 11 is 0. The predicted molar refractivity (Wildman–Crippen MR) is 99.1 cm³/mol. The van der Waals surface area contributed by atoms with Crippen molar-refractivity contribution >= 4 is 39.1 Å². The molecule has 8 heteroatoms. The van der Waals surface area contributed by atoms with E-state index in [1.54, 1.807) is 0 Å². The highest BCUT2D eigenvalue weighted by Crippen LogP contribution is 2.45. The van der Waals surface area contributed by atoms with Crippen molar-refractivity contribution in [2.45, 2.75) is 19.8 Å². The average molecular weight is 384 g/mol. The minimum atomic E-state index is -1.31. The summed E-state index contributed by atoms with van der Waals surface area (Å²) in [4.78, 5) is 34.7. The fourth-order valence-corrected chi connectivity index (χ4v) is 3.38. The van der Waals surface area contributed by atoms with Crippen molar-refractivity contribution < 1.29 is 39.9 Å². The number of hydrogen-bond acceptors (Lipinski definition) is 7. The molecule has 0 saturated heterocycles. The molecule has 0 aliphatic heterocycles. The van der Waals surface area contributed by atoms with Gasteiger partial charge in [-0.15, -0.1) is 0 Å². The van der Waals surface area contributed by atoms with Crippen molar-refractivity contribution in [3.05, 3.63) is 35.4 Å². The number of phenols is 4. The molecule has 5 N–H and O–H groups in total. The van der Waals surface area contributed by atoms with Crippen LogP contribution in [-0.4, -0.2) is 43.1 Å². The van der Waals surface area contributed by atoms with E-state index in [9.17, 15) is 34.8 Å². The van der Waals surface area contributed by atoms with Crippen LogP contribution in [0.1, 0.15) is 29.3 Å². The van der Waals surface area contributed by atoms with E-state index < -0.39 is 47.6 Å². The van der Waals surface area contributed by atoms with Crippen LogP contribution < -0.4 is 0 Å². The first-order valence-electron chi connectivity index (χ1n) is 8.20. The van der Waals surface area contributed by atoms with Gasteiger partial charge in [0.05, 0.1) is 16.3 Å². The number of phenolic OH excluding ortho intramolecular Hbond substituents is 4. The van der Waals surface area contributed by atoms with Crippen molar-refractivity contribution in [2.24, 2.45) is 0 Å². The number of benzene rings is 3. The van der Waals surface area contributed by atoms with Crippen LogP contribution in [0.2, 0.25) is 0 Å². The standard InChI is InChI=1S/C20H16O8/c1-8(21)16-10(4-13(23)7-15(25)26)2-9-3-11-5-12(22)6-14(24)17(11)20(28)18(9)19(16)27/h2-3,5-6,22,24,27-28H,4,7H2,1H3,(H,25,26). The van der Waals surface area contributed by atoms with Crippen LogP contribution in [0.4, 0.5) is 0 Å². The topological polar surface area (TPSA) is 152 Å². The molecule has 0 unspecified atom stereocenters. The number of aliphatic carboxylic acids is 1. The summed E-state index contributed by atoms with van der Waals surface area (Å²) in [5.74, 6) is -4.28. The van der Waals surface area contributed by atoms with E-state index in [4.69, 9.17) is 5.11 Å². The van der Waals surface area contributed by atoms with Gasteiger partial charge in [0.15, 0.2) is 5.78 Å². The molecule has 144 valence electrons. The zero-order valence-corrected chi connectivity index (χ0v) is 14.7. The second kappa shape index (κ2) is 6.73. The molecule has 3 aromatic carbocycles. The number of carbonyl (C=O) groups excluding carboxylic acids is 2. The highest BCUT2D eigenvalue weighted by Gasteiger charge is 2.23. The molecule has 0 atom stereocenters. The third-order valence-electron chi connectivity index (χ3n) is 4.42. The molecule has 0 aliphatic rings. The number of aromatic hydroxyl groups is 4. The summed E-state index contributed by atoms with van der Waals surface area (Å²) < 4.78 is 0. The van der Waals surface area contributed by atoms with Gasteiger partial charge in [-0.2, -0.15) is 0 Å². The second-order valence-electron chi connectivity index (χ2n) is 6.49. The van der Waals surface area contributed by atoms with Gasteiger partial charge in [-0.3, -0.25) is 14.4 Å². The van der Waals surface area contributed by atoms with E-state index in [-0.39, 0.29) is 38.4 Å². The number of carboxylic acid groups (broad SMARTS) is 1. The predicted octanol–water partition coefficient (Wildman–Crippen LogP) is 2.60. The maximum atomic E-state index is 12.1. The number of carbonyl (C=O) groups is 3. The second-order valence-corrected chi connectivity index (χ2v) is 6.49. The van der Waals surface area contributed by atoms with Gasteiger partial charge in [0.25, 0.3) is 0 Å². The molecule has 3 aromatic rings. The number of Topliss-reactive ketones (excluding diaryl/α,β-unsaturated/α-hetero) is 2. The Morgan fingerprint density at radius 1 is 0.857 bits per heavy atom. The normalized spacial score (nSPS) is 11.0. The number of ketones is 2. The largest absolute Gasteiger partial charge is 0.508 e. The summed E-state index contributed by atoms with van der Waals surface area (Å²) in [6.45, 7) is 1.17. The smallest absolute Gasteiger partial charge is 0.310 e. The molecule has 0 saturated carbocycles. The van der Waals surface area contributed by atoms with E-state index >= 15 is 0 Å². The molecule has 28 heavy (non-hydrogen) atoms. The Bertz CT molecular complexity index is 1180. The Labute approximate surface area is 157 Å². The van der Waals surface area contributed by atoms with Gasteiger partial charge < -0.3 is 25.5 Å². The Morgan fingerprint density at radius 3 is 2.11 bits per heavy atom. The van der Waals surface area contributed by atoms with Crippen molar-refractivity contribution in [2.75, 3.05) is 0 Å². The molecular formula is C20H16O8. The number of fused-ring (bicyclic) bond motifs is 2. The van der Waals surface area contributed by atoms with Gasteiger partial charge >= 0.3 is 5.97 Å². The SMILES string of the molecule is CC(=O)c1c(CC(=O)CC(=O)O)cc2cc3cc(O)cc(O)c3c(O)c2c1O. The molecule has 0 bridgehead atoms. The zero-order chi connectivity index (χ0) is 20.7. The molecule has 0 radical (unpaired) electrons. The van der Waals surface area contributed by atoms with Crippen LogP contribution in [0.3, 0.4) is 0 Å². The van der Waals surface area contributed by atoms with Crippen molar-refractivity contribution in [3.63, 3.8) is 0 Å². The zero-order valence-electron chi connectivity index (χ0n) is 14.7. The highest BCUT2D eigenvalue weighted by atomic mass is 16.4. The molecule has 0 spiro atoms. The summed E-state index contributed by atoms with van der Waals surface area (Å²) in [5, 5.41) is 50.1. The molecule has 0 aliphatic carbocycles. The van der Waals surface area contributed by atoms with E-state index in [0.717, 1.165) is 6.07 Å². The van der Waals surface area contributed by atoms with Gasteiger partial charge in [0, 0.05) is 12.5 Å². The summed E-state index contributed by atoms with van der Waals surface area (Å²) in [5.41, 5.74) is -0.0916. The van der Waals surface area contributed by atoms with Crippen LogP contribution >= 0.6 is 0 Å². The van der Waals surface area contributed by atoms with Gasteiger partial charge in [-0.05, 0) is 41.5 Å². The lowest BCUT2D eigenvalue weighted by Crippen LogP contribution is -2.12. The van der Waals surface area contributed by atoms with Gasteiger partial charge in [0.1, 0.15) is 35.2 Å². The van der Waals surface area contributed by atoms with Crippen LogP contribution in [0.15, 0.2) is 24.3 Å². The van der Waals surface area contributed by atoms with E-state index in [1.807, 2.05) is 0 Å². The summed E-state index contributed by atoms with van der Waals surface area (Å²) in [6, 6.07) is 5.17. The van der Waals surface area contributed by atoms with E-state index in [1.165, 1.54) is 25.1 Å². The van der Waals surface area contributed by atoms with Crippen molar-refractivity contribution in [1.82, 2.24) is 0 Å². The third kappa shape index (κ3) is 3.16. The third-order valence-corrected chi connectivity index (χ3v) is 4.42. The summed E-state index contributed by atoms with van der Waals surface area (Å²) in [7, 11) is 0. The monoisotopic (exact) mass is 384 g/mol. The number of rotatable bonds is 5. The lowest BCUT2D eigenvalue weighted by atomic mass is 9.91. The van der Waals surface area contributed by atoms with Crippen LogP contribution in [0.25, 0.3) is 21.5 Å². The number of hydrogen-bond donors (Lipinski definition) is 5. The molecule has 0 amide bonds. The minimum Gasteiger partial charge on any atom is -0.508 e. The Balaban J connectivity index is 2.35. The Kier molecular flexibility index (Phi) is 4.56. The number of carboxylic acids is 1. The van der Waals surface area contributed by atoms with Gasteiger partial charge in [0.2, 0.25) is 0 Å². The maximum absolute atomic E-state index is 12.1. The van der Waals surface area contributed by atoms with E-state index in [2.05, 4.69) is 0 Å². The minimum absolute atomic E-state index is 0.0233. The van der Waals surface area contributed by atoms with Crippen molar-refractivity contribution in [1.29, 1.82) is 0 Å². The Hall–Kier alpha value is -3.81. The molecule has 8 nitrogen and oxygen atoms in total. The molecule has 0 heterocycles. The average Bonchev–Trinajstić information content (AvgIpc) is 2.51. The molecule has 0 aromatic heterocycles. The quantitative estimate of drug-likeness (QED) is 0.256. The fourth-order valence-electron chi connectivity index (χ4n) is 3.38. The maximum Gasteiger partial charge on any atom is 0.310 e. The highest BCUT2D eigenvalue weighted by molar-refractivity contribution is 6.14. The first kappa shape index (κ1) is 19.0. The first-order valence-corrected chi connectivity index (χ1v) is 8.20. The lowest BCUT2D eigenvalue weighted by Gasteiger charge is -2.15. The molecular weight excluding hydrogens is 368 g/mol. The van der Waals surface area contributed by atoms with Gasteiger partial charge in [-0.25, -0.2) is 0 Å². The van der Waals surface area contributed by atoms with Crippen LogP contribution in [0, 0.1) is 0 Å². The molecule has 0 fully saturated rings. The lowest BCUT2D eigenvalue weighted by molar-refractivity contribution is -0.140. The van der Waals surface area contributed by atoms with Crippen molar-refractivity contribution in [3.8, 4) is 23.0 Å².